The second-order valence-corrected chi connectivity index (χ2v) is 7.81. The van der Waals surface area contributed by atoms with Crippen LogP contribution in [-0.2, 0) is 4.74 Å². The molecule has 2 N–H and O–H groups in total. The van der Waals surface area contributed by atoms with E-state index in [4.69, 9.17) is 4.74 Å². The van der Waals surface area contributed by atoms with Gasteiger partial charge in [-0.05, 0) is 61.5 Å². The molecule has 1 saturated heterocycles. The fourth-order valence-electron chi connectivity index (χ4n) is 3.06. The molecule has 0 radical (unpaired) electrons. The zero-order valence-corrected chi connectivity index (χ0v) is 14.1. The summed E-state index contributed by atoms with van der Waals surface area (Å²) in [6, 6.07) is 0. The summed E-state index contributed by atoms with van der Waals surface area (Å²) < 4.78 is 5.72. The van der Waals surface area contributed by atoms with Crippen molar-refractivity contribution in [3.63, 3.8) is 0 Å². The quantitative estimate of drug-likeness (QED) is 0.676. The standard InChI is InChI=1S/C17H31NO2S/c1-14-4-2-3-5-16(14)12-20-13-17(19)11-18-10-15-6-8-21-9-7-15/h2-3,14-19H,4-13H2,1H3. The van der Waals surface area contributed by atoms with Gasteiger partial charge in [0.15, 0.2) is 0 Å². The summed E-state index contributed by atoms with van der Waals surface area (Å²) in [7, 11) is 0. The molecule has 3 atom stereocenters. The minimum atomic E-state index is -0.377. The third-order valence-electron chi connectivity index (χ3n) is 4.71. The predicted octanol–water partition coefficient (Wildman–Crippen LogP) is 2.70. The highest BCUT2D eigenvalue weighted by atomic mass is 32.2. The highest BCUT2D eigenvalue weighted by molar-refractivity contribution is 7.99. The van der Waals surface area contributed by atoms with Gasteiger partial charge in [0.2, 0.25) is 0 Å². The summed E-state index contributed by atoms with van der Waals surface area (Å²) in [4.78, 5) is 0. The van der Waals surface area contributed by atoms with Crippen LogP contribution in [0.2, 0.25) is 0 Å². The summed E-state index contributed by atoms with van der Waals surface area (Å²) in [6.07, 6.45) is 9.07. The summed E-state index contributed by atoms with van der Waals surface area (Å²) in [5, 5.41) is 13.4. The maximum absolute atomic E-state index is 9.97. The van der Waals surface area contributed by atoms with E-state index in [0.29, 0.717) is 25.0 Å². The van der Waals surface area contributed by atoms with Crippen molar-refractivity contribution in [3.8, 4) is 0 Å². The summed E-state index contributed by atoms with van der Waals surface area (Å²) in [5.41, 5.74) is 0. The maximum atomic E-state index is 9.97. The topological polar surface area (TPSA) is 41.5 Å². The predicted molar refractivity (Wildman–Crippen MR) is 90.8 cm³/mol. The van der Waals surface area contributed by atoms with Crippen LogP contribution < -0.4 is 5.32 Å². The van der Waals surface area contributed by atoms with Gasteiger partial charge in [0.05, 0.1) is 19.3 Å². The number of allylic oxidation sites excluding steroid dienone is 2. The Kier molecular flexibility index (Phi) is 8.15. The lowest BCUT2D eigenvalue weighted by Gasteiger charge is -2.25. The van der Waals surface area contributed by atoms with Crippen molar-refractivity contribution in [2.24, 2.45) is 17.8 Å². The molecule has 3 unspecified atom stereocenters. The minimum Gasteiger partial charge on any atom is -0.389 e. The molecule has 0 bridgehead atoms. The first-order valence-corrected chi connectivity index (χ1v) is 9.60. The minimum absolute atomic E-state index is 0.377. The van der Waals surface area contributed by atoms with Crippen molar-refractivity contribution in [2.75, 3.05) is 37.8 Å². The molecule has 0 amide bonds. The van der Waals surface area contributed by atoms with Crippen LogP contribution in [0.25, 0.3) is 0 Å². The first kappa shape index (κ1) is 17.3. The van der Waals surface area contributed by atoms with Crippen LogP contribution in [0.15, 0.2) is 12.2 Å². The fourth-order valence-corrected chi connectivity index (χ4v) is 4.26. The van der Waals surface area contributed by atoms with E-state index in [1.807, 2.05) is 0 Å². The lowest BCUT2D eigenvalue weighted by molar-refractivity contribution is 0.0126. The van der Waals surface area contributed by atoms with Crippen molar-refractivity contribution in [1.29, 1.82) is 0 Å². The van der Waals surface area contributed by atoms with Gasteiger partial charge in [-0.3, -0.25) is 0 Å². The molecule has 0 aromatic carbocycles. The second kappa shape index (κ2) is 9.88. The lowest BCUT2D eigenvalue weighted by atomic mass is 9.85. The molecule has 1 heterocycles. The van der Waals surface area contributed by atoms with E-state index < -0.39 is 0 Å². The van der Waals surface area contributed by atoms with Gasteiger partial charge >= 0.3 is 0 Å². The van der Waals surface area contributed by atoms with E-state index in [2.05, 4.69) is 36.2 Å². The van der Waals surface area contributed by atoms with Crippen LogP contribution in [-0.4, -0.2) is 49.0 Å². The summed E-state index contributed by atoms with van der Waals surface area (Å²) in [6.45, 7) is 5.23. The van der Waals surface area contributed by atoms with Crippen molar-refractivity contribution in [3.05, 3.63) is 12.2 Å². The van der Waals surface area contributed by atoms with E-state index in [9.17, 15) is 5.11 Å². The highest BCUT2D eigenvalue weighted by Gasteiger charge is 2.19. The van der Waals surface area contributed by atoms with E-state index in [1.54, 1.807) is 0 Å². The third kappa shape index (κ3) is 6.72. The maximum Gasteiger partial charge on any atom is 0.0897 e. The van der Waals surface area contributed by atoms with Crippen LogP contribution in [0.3, 0.4) is 0 Å². The van der Waals surface area contributed by atoms with Gasteiger partial charge in [0.1, 0.15) is 0 Å². The van der Waals surface area contributed by atoms with Gasteiger partial charge in [0.25, 0.3) is 0 Å². The van der Waals surface area contributed by atoms with Gasteiger partial charge < -0.3 is 15.2 Å². The molecule has 0 aromatic heterocycles. The zero-order chi connectivity index (χ0) is 14.9. The van der Waals surface area contributed by atoms with Gasteiger partial charge in [-0.25, -0.2) is 0 Å². The zero-order valence-electron chi connectivity index (χ0n) is 13.3. The first-order valence-electron chi connectivity index (χ1n) is 8.45. The number of aliphatic hydroxyl groups excluding tert-OH is 1. The Hall–Kier alpha value is -0.0300. The van der Waals surface area contributed by atoms with E-state index in [0.717, 1.165) is 31.9 Å². The number of nitrogens with one attached hydrogen (secondary N) is 1. The Morgan fingerprint density at radius 1 is 1.29 bits per heavy atom. The van der Waals surface area contributed by atoms with Crippen molar-refractivity contribution >= 4 is 11.8 Å². The number of rotatable bonds is 8. The molecule has 3 nitrogen and oxygen atoms in total. The normalized spacial score (nSPS) is 28.7. The van der Waals surface area contributed by atoms with Crippen LogP contribution in [0.1, 0.15) is 32.6 Å². The largest absolute Gasteiger partial charge is 0.389 e. The first-order chi connectivity index (χ1) is 10.3. The monoisotopic (exact) mass is 313 g/mol. The Morgan fingerprint density at radius 2 is 2.05 bits per heavy atom. The average molecular weight is 314 g/mol. The molecular weight excluding hydrogens is 282 g/mol. The summed E-state index contributed by atoms with van der Waals surface area (Å²) in [5.74, 6) is 4.72. The van der Waals surface area contributed by atoms with Crippen LogP contribution >= 0.6 is 11.8 Å². The molecule has 1 fully saturated rings. The molecule has 0 spiro atoms. The molecule has 0 saturated carbocycles. The van der Waals surface area contributed by atoms with Gasteiger partial charge in [-0.1, -0.05) is 19.1 Å². The number of hydrogen-bond donors (Lipinski definition) is 2. The van der Waals surface area contributed by atoms with Crippen LogP contribution in [0, 0.1) is 17.8 Å². The number of thioether (sulfide) groups is 1. The van der Waals surface area contributed by atoms with Crippen LogP contribution in [0.4, 0.5) is 0 Å². The highest BCUT2D eigenvalue weighted by Crippen LogP contribution is 2.25. The average Bonchev–Trinajstić information content (AvgIpc) is 2.50. The molecule has 2 rings (SSSR count). The Bertz CT molecular complexity index is 305. The fraction of sp³-hybridized carbons (Fsp3) is 0.882. The number of hydrogen-bond acceptors (Lipinski definition) is 4. The van der Waals surface area contributed by atoms with E-state index >= 15 is 0 Å². The Labute approximate surface area is 133 Å². The molecule has 2 aliphatic rings. The second-order valence-electron chi connectivity index (χ2n) is 6.59. The van der Waals surface area contributed by atoms with Gasteiger partial charge in [-0.2, -0.15) is 11.8 Å². The molecule has 4 heteroatoms. The molecule has 122 valence electrons. The Morgan fingerprint density at radius 3 is 2.81 bits per heavy atom. The van der Waals surface area contributed by atoms with Gasteiger partial charge in [-0.15, -0.1) is 0 Å². The molecular formula is C17H31NO2S. The van der Waals surface area contributed by atoms with Gasteiger partial charge in [0, 0.05) is 6.54 Å². The molecule has 21 heavy (non-hydrogen) atoms. The summed E-state index contributed by atoms with van der Waals surface area (Å²) >= 11 is 2.06. The SMILES string of the molecule is CC1CC=CCC1COCC(O)CNCC1CCSCC1. The lowest BCUT2D eigenvalue weighted by Crippen LogP contribution is -2.35. The van der Waals surface area contributed by atoms with E-state index in [1.165, 1.54) is 24.3 Å². The van der Waals surface area contributed by atoms with Crippen molar-refractivity contribution in [2.45, 2.75) is 38.7 Å². The van der Waals surface area contributed by atoms with E-state index in [-0.39, 0.29) is 6.10 Å². The smallest absolute Gasteiger partial charge is 0.0897 e. The van der Waals surface area contributed by atoms with Crippen LogP contribution in [0.5, 0.6) is 0 Å². The number of aliphatic hydroxyl groups is 1. The third-order valence-corrected chi connectivity index (χ3v) is 5.76. The Balaban J connectivity index is 1.49. The molecule has 1 aliphatic heterocycles. The number of ether oxygens (including phenoxy) is 1. The molecule has 0 aromatic rings. The van der Waals surface area contributed by atoms with Crippen molar-refractivity contribution < 1.29 is 9.84 Å². The molecule has 1 aliphatic carbocycles. The van der Waals surface area contributed by atoms with Crippen molar-refractivity contribution in [1.82, 2.24) is 5.32 Å².